The molecular weight excluding hydrogens is 332 g/mol. The minimum absolute atomic E-state index is 0.00951. The van der Waals surface area contributed by atoms with Gasteiger partial charge in [-0.3, -0.25) is 0 Å². The quantitative estimate of drug-likeness (QED) is 0.511. The summed E-state index contributed by atoms with van der Waals surface area (Å²) < 4.78 is 39.2. The zero-order valence-corrected chi connectivity index (χ0v) is 12.4. The van der Waals surface area contributed by atoms with E-state index in [0.717, 1.165) is 6.07 Å². The molecule has 0 atom stereocenters. The lowest BCUT2D eigenvalue weighted by molar-refractivity contribution is -0.137. The smallest absolute Gasteiger partial charge is 0.166 e. The van der Waals surface area contributed by atoms with Crippen LogP contribution in [0.25, 0.3) is 11.1 Å². The molecule has 6 heteroatoms. The first-order chi connectivity index (χ1) is 9.21. The average molecular weight is 340 g/mol. The fourth-order valence-corrected chi connectivity index (χ4v) is 2.50. The van der Waals surface area contributed by atoms with Crippen LogP contribution >= 0.6 is 34.8 Å². The van der Waals surface area contributed by atoms with E-state index in [1.807, 2.05) is 0 Å². The molecule has 0 fully saturated rings. The second-order valence-electron chi connectivity index (χ2n) is 4.27. The summed E-state index contributed by atoms with van der Waals surface area (Å²) in [6.45, 7) is 1.70. The van der Waals surface area contributed by atoms with Crippen LogP contribution in [0.2, 0.25) is 15.1 Å². The van der Waals surface area contributed by atoms with E-state index in [-0.39, 0.29) is 26.2 Å². The minimum atomic E-state index is -4.47. The standard InChI is InChI=1S/C14H8Cl3F3/c1-7-2-4-10(14(18,19)20)9(6-7)8-3-5-11(15)13(17)12(8)16/h2-6H,1H3. The van der Waals surface area contributed by atoms with E-state index in [9.17, 15) is 13.2 Å². The molecule has 0 aliphatic heterocycles. The monoisotopic (exact) mass is 338 g/mol. The Morgan fingerprint density at radius 3 is 2.10 bits per heavy atom. The molecule has 0 N–H and O–H groups in total. The van der Waals surface area contributed by atoms with Crippen LogP contribution < -0.4 is 0 Å². The summed E-state index contributed by atoms with van der Waals surface area (Å²) in [5, 5.41) is 0.248. The van der Waals surface area contributed by atoms with Gasteiger partial charge < -0.3 is 0 Å². The molecule has 0 bridgehead atoms. The predicted molar refractivity (Wildman–Crippen MR) is 76.6 cm³/mol. The predicted octanol–water partition coefficient (Wildman–Crippen LogP) is 6.64. The van der Waals surface area contributed by atoms with Gasteiger partial charge in [0.15, 0.2) is 0 Å². The van der Waals surface area contributed by atoms with Gasteiger partial charge in [0, 0.05) is 5.56 Å². The highest BCUT2D eigenvalue weighted by Gasteiger charge is 2.34. The first kappa shape index (κ1) is 15.5. The molecule has 2 rings (SSSR count). The van der Waals surface area contributed by atoms with Gasteiger partial charge in [0.2, 0.25) is 0 Å². The first-order valence-electron chi connectivity index (χ1n) is 5.53. The summed E-state index contributed by atoms with van der Waals surface area (Å²) in [4.78, 5) is 0. The average Bonchev–Trinajstić information content (AvgIpc) is 2.34. The maximum absolute atomic E-state index is 13.1. The van der Waals surface area contributed by atoms with E-state index in [2.05, 4.69) is 0 Å². The van der Waals surface area contributed by atoms with Crippen LogP contribution in [0.3, 0.4) is 0 Å². The van der Waals surface area contributed by atoms with Crippen molar-refractivity contribution in [1.29, 1.82) is 0 Å². The summed E-state index contributed by atoms with van der Waals surface area (Å²) in [7, 11) is 0. The maximum Gasteiger partial charge on any atom is 0.417 e. The zero-order valence-electron chi connectivity index (χ0n) is 10.2. The first-order valence-corrected chi connectivity index (χ1v) is 6.67. The van der Waals surface area contributed by atoms with Crippen molar-refractivity contribution < 1.29 is 13.2 Å². The molecule has 0 saturated carbocycles. The molecule has 106 valence electrons. The zero-order chi connectivity index (χ0) is 15.1. The van der Waals surface area contributed by atoms with Gasteiger partial charge in [-0.05, 0) is 24.6 Å². The van der Waals surface area contributed by atoms with Crippen molar-refractivity contribution in [2.45, 2.75) is 13.1 Å². The normalized spacial score (nSPS) is 11.8. The Hall–Kier alpha value is -0.900. The van der Waals surface area contributed by atoms with Crippen LogP contribution in [0.15, 0.2) is 30.3 Å². The SMILES string of the molecule is Cc1ccc(C(F)(F)F)c(-c2ccc(Cl)c(Cl)c2Cl)c1. The number of hydrogen-bond donors (Lipinski definition) is 0. The van der Waals surface area contributed by atoms with Crippen molar-refractivity contribution in [3.05, 3.63) is 56.5 Å². The molecule has 0 spiro atoms. The van der Waals surface area contributed by atoms with Crippen molar-refractivity contribution in [2.24, 2.45) is 0 Å². The molecule has 20 heavy (non-hydrogen) atoms. The molecule has 0 aromatic heterocycles. The Balaban J connectivity index is 2.76. The maximum atomic E-state index is 13.1. The number of hydrogen-bond acceptors (Lipinski definition) is 0. The molecule has 2 aromatic carbocycles. The second kappa shape index (κ2) is 5.47. The third kappa shape index (κ3) is 2.90. The van der Waals surface area contributed by atoms with Gasteiger partial charge >= 0.3 is 6.18 Å². The number of rotatable bonds is 1. The lowest BCUT2D eigenvalue weighted by atomic mass is 9.97. The van der Waals surface area contributed by atoms with Gasteiger partial charge in [-0.25, -0.2) is 0 Å². The van der Waals surface area contributed by atoms with Gasteiger partial charge in [0.25, 0.3) is 0 Å². The Labute approximate surface area is 129 Å². The highest BCUT2D eigenvalue weighted by Crippen LogP contribution is 2.43. The Morgan fingerprint density at radius 2 is 1.50 bits per heavy atom. The Bertz CT molecular complexity index is 663. The molecule has 0 amide bonds. The number of benzene rings is 2. The third-order valence-corrected chi connectivity index (χ3v) is 4.10. The van der Waals surface area contributed by atoms with E-state index in [4.69, 9.17) is 34.8 Å². The Morgan fingerprint density at radius 1 is 0.850 bits per heavy atom. The molecule has 0 aliphatic rings. The number of aryl methyl sites for hydroxylation is 1. The third-order valence-electron chi connectivity index (χ3n) is 2.81. The Kier molecular flexibility index (Phi) is 4.24. The lowest BCUT2D eigenvalue weighted by Gasteiger charge is -2.15. The van der Waals surface area contributed by atoms with Crippen LogP contribution in [0.4, 0.5) is 13.2 Å². The fraction of sp³-hybridized carbons (Fsp3) is 0.143. The summed E-state index contributed by atoms with van der Waals surface area (Å²) in [6, 6.07) is 6.71. The van der Waals surface area contributed by atoms with Crippen LogP contribution in [0.1, 0.15) is 11.1 Å². The lowest BCUT2D eigenvalue weighted by Crippen LogP contribution is -2.07. The minimum Gasteiger partial charge on any atom is -0.166 e. The summed E-state index contributed by atoms with van der Waals surface area (Å²) in [5.74, 6) is 0. The fourth-order valence-electron chi connectivity index (χ4n) is 1.86. The van der Waals surface area contributed by atoms with E-state index >= 15 is 0 Å². The van der Waals surface area contributed by atoms with Crippen LogP contribution in [-0.4, -0.2) is 0 Å². The van der Waals surface area contributed by atoms with Gasteiger partial charge in [-0.2, -0.15) is 13.2 Å². The summed E-state index contributed by atoms with van der Waals surface area (Å²) >= 11 is 17.7. The summed E-state index contributed by atoms with van der Waals surface area (Å²) in [6.07, 6.45) is -4.47. The highest BCUT2D eigenvalue weighted by atomic mass is 35.5. The number of alkyl halides is 3. The molecule has 2 aromatic rings. The highest BCUT2D eigenvalue weighted by molar-refractivity contribution is 6.49. The number of halogens is 6. The van der Waals surface area contributed by atoms with Crippen LogP contribution in [0, 0.1) is 6.92 Å². The van der Waals surface area contributed by atoms with Crippen molar-refractivity contribution in [1.82, 2.24) is 0 Å². The van der Waals surface area contributed by atoms with Gasteiger partial charge in [0.05, 0.1) is 20.6 Å². The largest absolute Gasteiger partial charge is 0.417 e. The molecule has 0 heterocycles. The molecule has 0 aliphatic carbocycles. The van der Waals surface area contributed by atoms with E-state index in [1.165, 1.54) is 24.3 Å². The molecule has 0 radical (unpaired) electrons. The van der Waals surface area contributed by atoms with Crippen molar-refractivity contribution in [3.63, 3.8) is 0 Å². The van der Waals surface area contributed by atoms with Gasteiger partial charge in [-0.15, -0.1) is 0 Å². The second-order valence-corrected chi connectivity index (χ2v) is 5.43. The van der Waals surface area contributed by atoms with Crippen LogP contribution in [0.5, 0.6) is 0 Å². The van der Waals surface area contributed by atoms with Crippen molar-refractivity contribution in [3.8, 4) is 11.1 Å². The van der Waals surface area contributed by atoms with E-state index < -0.39 is 11.7 Å². The van der Waals surface area contributed by atoms with Crippen molar-refractivity contribution >= 4 is 34.8 Å². The summed E-state index contributed by atoms with van der Waals surface area (Å²) in [5.41, 5.74) is 0.122. The van der Waals surface area contributed by atoms with E-state index in [1.54, 1.807) is 6.92 Å². The van der Waals surface area contributed by atoms with Crippen LogP contribution in [-0.2, 0) is 6.18 Å². The molecule has 0 nitrogen and oxygen atoms in total. The van der Waals surface area contributed by atoms with E-state index in [0.29, 0.717) is 5.56 Å². The molecule has 0 unspecified atom stereocenters. The topological polar surface area (TPSA) is 0 Å². The van der Waals surface area contributed by atoms with Gasteiger partial charge in [-0.1, -0.05) is 58.6 Å². The molecule has 0 saturated heterocycles. The van der Waals surface area contributed by atoms with Crippen molar-refractivity contribution in [2.75, 3.05) is 0 Å². The molecular formula is C14H8Cl3F3. The van der Waals surface area contributed by atoms with Gasteiger partial charge in [0.1, 0.15) is 0 Å².